The molecule has 0 aromatic heterocycles. The summed E-state index contributed by atoms with van der Waals surface area (Å²) < 4.78 is 0. The molecule has 0 heterocycles. The molecule has 0 aliphatic heterocycles. The molecule has 0 aromatic rings. The van der Waals surface area contributed by atoms with E-state index in [1.165, 1.54) is 0 Å². The van der Waals surface area contributed by atoms with E-state index in [9.17, 15) is 28.8 Å². The molecule has 4 amide bonds. The van der Waals surface area contributed by atoms with Crippen molar-refractivity contribution >= 4 is 35.6 Å². The number of rotatable bonds is 17. The number of hydrogen-bond donors (Lipinski definition) is 9. The number of amides is 4. The Morgan fingerprint density at radius 1 is 0.788 bits per heavy atom. The second-order valence-electron chi connectivity index (χ2n) is 7.20. The zero-order chi connectivity index (χ0) is 25.6. The van der Waals surface area contributed by atoms with Crippen LogP contribution in [0, 0.1) is 0 Å². The summed E-state index contributed by atoms with van der Waals surface area (Å²) in [5, 5.41) is 33.7. The maximum absolute atomic E-state index is 12.8. The van der Waals surface area contributed by atoms with Gasteiger partial charge in [0.2, 0.25) is 23.6 Å². The molecule has 0 saturated carbocycles. The summed E-state index contributed by atoms with van der Waals surface area (Å²) in [6, 6.07) is -5.68. The number of hydrogen-bond acceptors (Lipinski definition) is 9. The number of aliphatic carboxylic acids is 2. The van der Waals surface area contributed by atoms with Crippen molar-refractivity contribution in [3.05, 3.63) is 0 Å². The van der Waals surface area contributed by atoms with E-state index in [2.05, 4.69) is 10.6 Å². The highest BCUT2D eigenvalue weighted by Crippen LogP contribution is 2.06. The first-order valence-electron chi connectivity index (χ1n) is 10.1. The minimum atomic E-state index is -1.69. The molecular formula is C18H32N6O9. The Morgan fingerprint density at radius 3 is 1.76 bits per heavy atom. The molecule has 0 saturated heterocycles. The molecule has 0 aliphatic rings. The van der Waals surface area contributed by atoms with Gasteiger partial charge in [-0.05, 0) is 32.2 Å². The van der Waals surface area contributed by atoms with Crippen LogP contribution in [0.15, 0.2) is 0 Å². The second kappa shape index (κ2) is 15.5. The quantitative estimate of drug-likeness (QED) is 0.0905. The van der Waals surface area contributed by atoms with E-state index >= 15 is 0 Å². The van der Waals surface area contributed by atoms with Gasteiger partial charge in [0.05, 0.1) is 13.0 Å². The van der Waals surface area contributed by atoms with E-state index in [0.29, 0.717) is 19.4 Å². The molecule has 0 radical (unpaired) electrons. The number of unbranched alkanes of at least 4 members (excludes halogenated alkanes) is 1. The molecule has 0 rings (SSSR count). The van der Waals surface area contributed by atoms with Crippen molar-refractivity contribution in [2.45, 2.75) is 62.7 Å². The Bertz CT molecular complexity index is 718. The van der Waals surface area contributed by atoms with Crippen LogP contribution in [-0.2, 0) is 28.8 Å². The van der Waals surface area contributed by atoms with Gasteiger partial charge in [0.15, 0.2) is 0 Å². The van der Waals surface area contributed by atoms with Crippen LogP contribution in [0.5, 0.6) is 0 Å². The molecule has 33 heavy (non-hydrogen) atoms. The summed E-state index contributed by atoms with van der Waals surface area (Å²) in [6.45, 7) is -0.360. The molecule has 15 heteroatoms. The van der Waals surface area contributed by atoms with Gasteiger partial charge in [0, 0.05) is 6.42 Å². The summed E-state index contributed by atoms with van der Waals surface area (Å²) in [6.07, 6.45) is -0.658. The van der Waals surface area contributed by atoms with Crippen LogP contribution in [0.1, 0.15) is 38.5 Å². The van der Waals surface area contributed by atoms with Crippen LogP contribution in [0.4, 0.5) is 0 Å². The Hall–Kier alpha value is -3.30. The molecule has 4 unspecified atom stereocenters. The maximum atomic E-state index is 12.8. The van der Waals surface area contributed by atoms with Crippen LogP contribution in [0.3, 0.4) is 0 Å². The fraction of sp³-hybridized carbons (Fsp3) is 0.667. The Balaban J connectivity index is 5.54. The average molecular weight is 476 g/mol. The van der Waals surface area contributed by atoms with Crippen molar-refractivity contribution in [2.24, 2.45) is 17.2 Å². The highest BCUT2D eigenvalue weighted by atomic mass is 16.4. The SMILES string of the molecule is NCCCCC(NC(=O)C(N)CO)C(=O)NC(CCC(=O)O)C(=O)NC(CC(N)=O)C(=O)O. The maximum Gasteiger partial charge on any atom is 0.326 e. The van der Waals surface area contributed by atoms with E-state index in [4.69, 9.17) is 32.5 Å². The van der Waals surface area contributed by atoms with E-state index in [1.807, 2.05) is 5.32 Å². The Kier molecular flexibility index (Phi) is 13.9. The zero-order valence-electron chi connectivity index (χ0n) is 18.0. The number of primary amides is 1. The van der Waals surface area contributed by atoms with Crippen molar-refractivity contribution in [1.29, 1.82) is 0 Å². The lowest BCUT2D eigenvalue weighted by molar-refractivity contribution is -0.144. The lowest BCUT2D eigenvalue weighted by atomic mass is 10.1. The van der Waals surface area contributed by atoms with Crippen LogP contribution in [0.25, 0.3) is 0 Å². The van der Waals surface area contributed by atoms with Gasteiger partial charge in [-0.1, -0.05) is 0 Å². The number of aliphatic hydroxyl groups excluding tert-OH is 1. The third-order valence-electron chi connectivity index (χ3n) is 4.41. The number of carboxylic acid groups (broad SMARTS) is 2. The van der Waals surface area contributed by atoms with Gasteiger partial charge >= 0.3 is 11.9 Å². The Morgan fingerprint density at radius 2 is 1.30 bits per heavy atom. The fourth-order valence-corrected chi connectivity index (χ4v) is 2.61. The molecular weight excluding hydrogens is 444 g/mol. The largest absolute Gasteiger partial charge is 0.481 e. The Labute approximate surface area is 189 Å². The number of nitrogens with two attached hydrogens (primary N) is 3. The van der Waals surface area contributed by atoms with Gasteiger partial charge in [-0.3, -0.25) is 24.0 Å². The molecule has 4 atom stereocenters. The highest BCUT2D eigenvalue weighted by molar-refractivity contribution is 5.95. The van der Waals surface area contributed by atoms with E-state index in [1.54, 1.807) is 0 Å². The monoisotopic (exact) mass is 476 g/mol. The van der Waals surface area contributed by atoms with Crippen LogP contribution in [-0.4, -0.2) is 88.2 Å². The molecule has 188 valence electrons. The molecule has 0 aliphatic carbocycles. The first-order valence-corrected chi connectivity index (χ1v) is 10.1. The van der Waals surface area contributed by atoms with Crippen molar-refractivity contribution < 1.29 is 44.1 Å². The number of carbonyl (C=O) groups excluding carboxylic acids is 4. The van der Waals surface area contributed by atoms with E-state index in [-0.39, 0.29) is 6.42 Å². The number of aliphatic hydroxyl groups is 1. The van der Waals surface area contributed by atoms with Crippen molar-refractivity contribution in [1.82, 2.24) is 16.0 Å². The highest BCUT2D eigenvalue weighted by Gasteiger charge is 2.31. The third kappa shape index (κ3) is 12.4. The summed E-state index contributed by atoms with van der Waals surface area (Å²) in [7, 11) is 0. The van der Waals surface area contributed by atoms with Gasteiger partial charge < -0.3 is 48.5 Å². The fourth-order valence-electron chi connectivity index (χ4n) is 2.61. The molecule has 0 bridgehead atoms. The van der Waals surface area contributed by atoms with E-state index in [0.717, 1.165) is 0 Å². The first kappa shape index (κ1) is 29.7. The van der Waals surface area contributed by atoms with Crippen molar-refractivity contribution in [3.63, 3.8) is 0 Å². The molecule has 0 aromatic carbocycles. The topological polar surface area (TPSA) is 277 Å². The summed E-state index contributed by atoms with van der Waals surface area (Å²) in [5.74, 6) is -6.60. The molecule has 12 N–H and O–H groups in total. The lowest BCUT2D eigenvalue weighted by Gasteiger charge is -2.24. The summed E-state index contributed by atoms with van der Waals surface area (Å²) >= 11 is 0. The minimum Gasteiger partial charge on any atom is -0.481 e. The zero-order valence-corrected chi connectivity index (χ0v) is 18.0. The summed E-state index contributed by atoms with van der Waals surface area (Å²) in [5.41, 5.74) is 15.8. The van der Waals surface area contributed by atoms with Crippen molar-refractivity contribution in [2.75, 3.05) is 13.2 Å². The predicted molar refractivity (Wildman–Crippen MR) is 112 cm³/mol. The second-order valence-corrected chi connectivity index (χ2v) is 7.20. The van der Waals surface area contributed by atoms with Crippen molar-refractivity contribution in [3.8, 4) is 0 Å². The number of carbonyl (C=O) groups is 6. The number of carboxylic acids is 2. The number of nitrogens with one attached hydrogen (secondary N) is 3. The average Bonchev–Trinajstić information content (AvgIpc) is 2.73. The minimum absolute atomic E-state index is 0.0968. The predicted octanol–water partition coefficient (Wildman–Crippen LogP) is -4.29. The van der Waals surface area contributed by atoms with Gasteiger partial charge in [-0.15, -0.1) is 0 Å². The van der Waals surface area contributed by atoms with E-state index < -0.39 is 85.6 Å². The normalized spacial score (nSPS) is 14.3. The van der Waals surface area contributed by atoms with Crippen LogP contribution in [0.2, 0.25) is 0 Å². The summed E-state index contributed by atoms with van der Waals surface area (Å²) in [4.78, 5) is 70.6. The van der Waals surface area contributed by atoms with Gasteiger partial charge in [-0.2, -0.15) is 0 Å². The standard InChI is InChI=1S/C18H32N6O9/c19-6-2-1-3-10(22-15(29)9(20)8-25)16(30)23-11(4-5-14(27)28)17(31)24-12(18(32)33)7-13(21)26/h9-12,25H,1-8,19-20H2,(H2,21,26)(H,22,29)(H,23,30)(H,24,31)(H,27,28)(H,32,33). The smallest absolute Gasteiger partial charge is 0.326 e. The van der Waals surface area contributed by atoms with Gasteiger partial charge in [-0.25, -0.2) is 4.79 Å². The van der Waals surface area contributed by atoms with Crippen LogP contribution >= 0.6 is 0 Å². The first-order chi connectivity index (χ1) is 15.4. The van der Waals surface area contributed by atoms with Crippen LogP contribution < -0.4 is 33.2 Å². The molecule has 0 fully saturated rings. The lowest BCUT2D eigenvalue weighted by Crippen LogP contribution is -2.57. The van der Waals surface area contributed by atoms with Gasteiger partial charge in [0.1, 0.15) is 24.2 Å². The molecule has 0 spiro atoms. The van der Waals surface area contributed by atoms with Gasteiger partial charge in [0.25, 0.3) is 0 Å². The molecule has 15 nitrogen and oxygen atoms in total. The third-order valence-corrected chi connectivity index (χ3v) is 4.41.